The van der Waals surface area contributed by atoms with Gasteiger partial charge in [-0.3, -0.25) is 4.79 Å². The number of ether oxygens (including phenoxy) is 1. The van der Waals surface area contributed by atoms with E-state index in [0.29, 0.717) is 17.1 Å². The fourth-order valence-corrected chi connectivity index (χ4v) is 5.10. The van der Waals surface area contributed by atoms with E-state index in [0.717, 1.165) is 55.6 Å². The molecule has 1 aliphatic rings. The lowest BCUT2D eigenvalue weighted by Gasteiger charge is -2.30. The number of aromatic nitrogens is 2. The normalized spacial score (nSPS) is 17.8. The van der Waals surface area contributed by atoms with E-state index in [4.69, 9.17) is 4.74 Å². The van der Waals surface area contributed by atoms with Gasteiger partial charge in [0, 0.05) is 20.1 Å². The standard InChI is InChI=1S/C29H35N5O2/c1-5-14-34-15-7-6-11-25(28(34)35)21-9-8-10-24(16-21)36-26-17-23(13-12-22(26)18-30)29(2,31-3)27-19-32-20-33(27)4/h8-10,12-13,16-17,19-20,25,31H,5-7,11,14-15H2,1-4H3. The number of carbonyl (C=O) groups excluding carboxylic acids is 1. The van der Waals surface area contributed by atoms with Gasteiger partial charge in [-0.05, 0) is 68.6 Å². The van der Waals surface area contributed by atoms with Gasteiger partial charge in [0.2, 0.25) is 5.91 Å². The zero-order valence-corrected chi connectivity index (χ0v) is 21.6. The molecule has 1 aromatic heterocycles. The highest BCUT2D eigenvalue weighted by molar-refractivity contribution is 5.84. The first-order valence-corrected chi connectivity index (χ1v) is 12.7. The number of rotatable bonds is 8. The molecule has 0 aliphatic carbocycles. The Kier molecular flexibility index (Phi) is 7.76. The van der Waals surface area contributed by atoms with Crippen LogP contribution in [0.3, 0.4) is 0 Å². The van der Waals surface area contributed by atoms with Crippen molar-refractivity contribution in [2.45, 2.75) is 51.0 Å². The third kappa shape index (κ3) is 5.00. The second kappa shape index (κ2) is 11.0. The highest BCUT2D eigenvalue weighted by atomic mass is 16.5. The lowest BCUT2D eigenvalue weighted by atomic mass is 9.88. The summed E-state index contributed by atoms with van der Waals surface area (Å²) >= 11 is 0. The molecule has 1 aliphatic heterocycles. The Morgan fingerprint density at radius 3 is 2.78 bits per heavy atom. The molecule has 4 rings (SSSR count). The Labute approximate surface area is 213 Å². The van der Waals surface area contributed by atoms with Gasteiger partial charge in [-0.15, -0.1) is 0 Å². The van der Waals surface area contributed by atoms with Crippen molar-refractivity contribution in [1.82, 2.24) is 19.8 Å². The zero-order valence-electron chi connectivity index (χ0n) is 21.6. The summed E-state index contributed by atoms with van der Waals surface area (Å²) in [5.41, 5.74) is 2.82. The molecule has 1 amide bonds. The number of nitrogens with one attached hydrogen (secondary N) is 1. The van der Waals surface area contributed by atoms with Crippen molar-refractivity contribution >= 4 is 5.91 Å². The van der Waals surface area contributed by atoms with E-state index in [9.17, 15) is 10.1 Å². The van der Waals surface area contributed by atoms with Gasteiger partial charge in [-0.25, -0.2) is 4.98 Å². The predicted molar refractivity (Wildman–Crippen MR) is 140 cm³/mol. The van der Waals surface area contributed by atoms with Crippen LogP contribution in [0.25, 0.3) is 0 Å². The van der Waals surface area contributed by atoms with E-state index in [1.54, 1.807) is 12.4 Å². The second-order valence-corrected chi connectivity index (χ2v) is 9.64. The van der Waals surface area contributed by atoms with Crippen LogP contribution in [0.4, 0.5) is 0 Å². The number of nitriles is 1. The maximum atomic E-state index is 13.3. The Morgan fingerprint density at radius 1 is 1.25 bits per heavy atom. The Balaban J connectivity index is 1.66. The van der Waals surface area contributed by atoms with Crippen LogP contribution in [0.1, 0.15) is 67.8 Å². The van der Waals surface area contributed by atoms with E-state index in [-0.39, 0.29) is 11.8 Å². The first-order valence-electron chi connectivity index (χ1n) is 12.7. The van der Waals surface area contributed by atoms with Crippen LogP contribution < -0.4 is 10.1 Å². The monoisotopic (exact) mass is 485 g/mol. The molecule has 2 heterocycles. The third-order valence-corrected chi connectivity index (χ3v) is 7.27. The number of imidazole rings is 1. The van der Waals surface area contributed by atoms with Crippen molar-refractivity contribution in [2.75, 3.05) is 20.1 Å². The van der Waals surface area contributed by atoms with Gasteiger partial charge in [0.15, 0.2) is 0 Å². The van der Waals surface area contributed by atoms with Crippen molar-refractivity contribution in [3.05, 3.63) is 77.4 Å². The first kappa shape index (κ1) is 25.5. The quantitative estimate of drug-likeness (QED) is 0.481. The summed E-state index contributed by atoms with van der Waals surface area (Å²) in [6, 6.07) is 15.6. The molecular formula is C29H35N5O2. The van der Waals surface area contributed by atoms with E-state index < -0.39 is 5.54 Å². The topological polar surface area (TPSA) is 83.2 Å². The summed E-state index contributed by atoms with van der Waals surface area (Å²) in [5.74, 6) is 1.14. The molecule has 0 radical (unpaired) electrons. The molecule has 2 atom stereocenters. The SMILES string of the molecule is CCCN1CCCCC(c2cccc(Oc3cc(C(C)(NC)c4cncn4C)ccc3C#N)c2)C1=O. The van der Waals surface area contributed by atoms with Gasteiger partial charge in [-0.1, -0.05) is 31.5 Å². The molecule has 1 saturated heterocycles. The van der Waals surface area contributed by atoms with Gasteiger partial charge in [0.05, 0.1) is 35.2 Å². The van der Waals surface area contributed by atoms with Crippen LogP contribution in [0.15, 0.2) is 55.0 Å². The number of benzene rings is 2. The largest absolute Gasteiger partial charge is 0.456 e. The smallest absolute Gasteiger partial charge is 0.230 e. The average molecular weight is 486 g/mol. The van der Waals surface area contributed by atoms with E-state index in [2.05, 4.69) is 30.2 Å². The van der Waals surface area contributed by atoms with Gasteiger partial charge in [0.25, 0.3) is 0 Å². The molecule has 2 unspecified atom stereocenters. The van der Waals surface area contributed by atoms with Crippen LogP contribution in [0.5, 0.6) is 11.5 Å². The molecule has 2 aromatic carbocycles. The van der Waals surface area contributed by atoms with Crippen LogP contribution in [-0.2, 0) is 17.4 Å². The lowest BCUT2D eigenvalue weighted by Crippen LogP contribution is -2.39. The maximum absolute atomic E-state index is 13.3. The molecule has 7 nitrogen and oxygen atoms in total. The summed E-state index contributed by atoms with van der Waals surface area (Å²) in [7, 11) is 3.86. The maximum Gasteiger partial charge on any atom is 0.230 e. The molecule has 36 heavy (non-hydrogen) atoms. The van der Waals surface area contributed by atoms with Crippen LogP contribution in [-0.4, -0.2) is 40.5 Å². The molecule has 0 saturated carbocycles. The number of hydrogen-bond donors (Lipinski definition) is 1. The van der Waals surface area contributed by atoms with Crippen molar-refractivity contribution in [2.24, 2.45) is 7.05 Å². The molecule has 7 heteroatoms. The Hall–Kier alpha value is -3.63. The zero-order chi connectivity index (χ0) is 25.7. The van der Waals surface area contributed by atoms with Crippen LogP contribution >= 0.6 is 0 Å². The molecule has 0 bridgehead atoms. The molecule has 3 aromatic rings. The lowest BCUT2D eigenvalue weighted by molar-refractivity contribution is -0.132. The second-order valence-electron chi connectivity index (χ2n) is 9.64. The number of nitrogens with zero attached hydrogens (tertiary/aromatic N) is 4. The van der Waals surface area contributed by atoms with Crippen molar-refractivity contribution < 1.29 is 9.53 Å². The highest BCUT2D eigenvalue weighted by Crippen LogP contribution is 2.36. The van der Waals surface area contributed by atoms with E-state index >= 15 is 0 Å². The molecule has 1 fully saturated rings. The molecule has 0 spiro atoms. The minimum atomic E-state index is -0.533. The minimum absolute atomic E-state index is 0.165. The van der Waals surface area contributed by atoms with E-state index in [1.165, 1.54) is 0 Å². The van der Waals surface area contributed by atoms with Crippen molar-refractivity contribution in [3.63, 3.8) is 0 Å². The van der Waals surface area contributed by atoms with Crippen LogP contribution in [0.2, 0.25) is 0 Å². The predicted octanol–water partition coefficient (Wildman–Crippen LogP) is 5.07. The fourth-order valence-electron chi connectivity index (χ4n) is 5.10. The van der Waals surface area contributed by atoms with Crippen molar-refractivity contribution in [3.8, 4) is 17.6 Å². The van der Waals surface area contributed by atoms with Gasteiger partial charge in [0.1, 0.15) is 17.6 Å². The number of hydrogen-bond acceptors (Lipinski definition) is 5. The molecule has 188 valence electrons. The average Bonchev–Trinajstić information content (AvgIpc) is 3.25. The summed E-state index contributed by atoms with van der Waals surface area (Å²) in [5, 5.41) is 13.2. The fraction of sp³-hybridized carbons (Fsp3) is 0.414. The summed E-state index contributed by atoms with van der Waals surface area (Å²) in [4.78, 5) is 19.5. The third-order valence-electron chi connectivity index (χ3n) is 7.27. The number of likely N-dealkylation sites (tertiary alicyclic amines) is 1. The van der Waals surface area contributed by atoms with Gasteiger partial charge < -0.3 is 19.5 Å². The van der Waals surface area contributed by atoms with Gasteiger partial charge >= 0.3 is 0 Å². The van der Waals surface area contributed by atoms with E-state index in [1.807, 2.05) is 66.2 Å². The summed E-state index contributed by atoms with van der Waals surface area (Å²) in [6.07, 6.45) is 7.47. The minimum Gasteiger partial charge on any atom is -0.456 e. The van der Waals surface area contributed by atoms with Crippen LogP contribution in [0, 0.1) is 11.3 Å². The number of amides is 1. The summed E-state index contributed by atoms with van der Waals surface area (Å²) in [6.45, 7) is 5.81. The molecule has 1 N–H and O–H groups in total. The van der Waals surface area contributed by atoms with Gasteiger partial charge in [-0.2, -0.15) is 5.26 Å². The first-order chi connectivity index (χ1) is 17.4. The highest BCUT2D eigenvalue weighted by Gasteiger charge is 2.31. The summed E-state index contributed by atoms with van der Waals surface area (Å²) < 4.78 is 8.28. The molecular weight excluding hydrogens is 450 g/mol. The number of aryl methyl sites for hydroxylation is 1. The Bertz CT molecular complexity index is 1260. The van der Waals surface area contributed by atoms with Crippen molar-refractivity contribution in [1.29, 1.82) is 5.26 Å². The Morgan fingerprint density at radius 2 is 2.08 bits per heavy atom. The number of carbonyl (C=O) groups is 1.